The molecule has 5 aliphatic rings. The molecule has 0 bridgehead atoms. The van der Waals surface area contributed by atoms with Crippen molar-refractivity contribution in [2.45, 2.75) is 38.4 Å². The van der Waals surface area contributed by atoms with Crippen molar-refractivity contribution in [3.05, 3.63) is 47.2 Å². The molecular formula is C20H23N7O3. The molecule has 1 aliphatic carbocycles. The van der Waals surface area contributed by atoms with Gasteiger partial charge < -0.3 is 25.0 Å². The van der Waals surface area contributed by atoms with Gasteiger partial charge in [-0.2, -0.15) is 5.10 Å². The van der Waals surface area contributed by atoms with E-state index in [0.717, 1.165) is 62.0 Å². The average molecular weight is 409 g/mol. The van der Waals surface area contributed by atoms with Gasteiger partial charge in [-0.25, -0.2) is 19.5 Å². The van der Waals surface area contributed by atoms with E-state index in [9.17, 15) is 9.90 Å². The van der Waals surface area contributed by atoms with Crippen molar-refractivity contribution in [2.24, 2.45) is 10.9 Å². The van der Waals surface area contributed by atoms with Crippen molar-refractivity contribution in [2.75, 3.05) is 19.7 Å². The number of aliphatic imine (C=N–C) groups is 1. The summed E-state index contributed by atoms with van der Waals surface area (Å²) in [4.78, 5) is 25.4. The van der Waals surface area contributed by atoms with Gasteiger partial charge in [-0.3, -0.25) is 0 Å². The molecule has 5 heterocycles. The number of carboxylic acids is 1. The molecule has 4 aliphatic heterocycles. The van der Waals surface area contributed by atoms with E-state index in [2.05, 4.69) is 25.2 Å². The third kappa shape index (κ3) is 2.78. The maximum Gasteiger partial charge on any atom is 0.326 e. The Hall–Kier alpha value is -3.30. The number of aliphatic carboxylic acids is 1. The van der Waals surface area contributed by atoms with Crippen LogP contribution in [0.1, 0.15) is 25.1 Å². The maximum absolute atomic E-state index is 11.8. The second-order valence-electron chi connectivity index (χ2n) is 8.29. The van der Waals surface area contributed by atoms with Crippen LogP contribution in [0.25, 0.3) is 0 Å². The molecule has 30 heavy (non-hydrogen) atoms. The van der Waals surface area contributed by atoms with Gasteiger partial charge in [-0.15, -0.1) is 0 Å². The summed E-state index contributed by atoms with van der Waals surface area (Å²) in [5, 5.41) is 17.1. The van der Waals surface area contributed by atoms with Crippen LogP contribution in [0.3, 0.4) is 0 Å². The first kappa shape index (κ1) is 17.5. The molecule has 0 radical (unpaired) electrons. The zero-order chi connectivity index (χ0) is 20.2. The normalized spacial score (nSPS) is 23.5. The number of hydrogen-bond donors (Lipinski definition) is 2. The number of ether oxygens (including phenoxy) is 1. The lowest BCUT2D eigenvalue weighted by molar-refractivity contribution is -0.139. The van der Waals surface area contributed by atoms with E-state index in [1.165, 1.54) is 5.57 Å². The van der Waals surface area contributed by atoms with Gasteiger partial charge in [0.2, 0.25) is 5.96 Å². The Morgan fingerprint density at radius 3 is 3.03 bits per heavy atom. The summed E-state index contributed by atoms with van der Waals surface area (Å²) in [7, 11) is 0. The van der Waals surface area contributed by atoms with Crippen LogP contribution in [0.2, 0.25) is 0 Å². The van der Waals surface area contributed by atoms with Gasteiger partial charge >= 0.3 is 5.97 Å². The minimum absolute atomic E-state index is 0.175. The SMILES string of the molecule is O=C(O)C(NC1=COCC2=C3C1=CN=C(N1CCn4ncnc4C1)N3CC2)C1CC1. The fourth-order valence-corrected chi connectivity index (χ4v) is 4.66. The lowest BCUT2D eigenvalue weighted by Gasteiger charge is -2.37. The number of hydrogen-bond acceptors (Lipinski definition) is 8. The Bertz CT molecular complexity index is 1030. The third-order valence-corrected chi connectivity index (χ3v) is 6.36. The molecule has 1 atom stereocenters. The van der Waals surface area contributed by atoms with Gasteiger partial charge in [-0.1, -0.05) is 0 Å². The topological polar surface area (TPSA) is 108 Å². The Morgan fingerprint density at radius 2 is 2.20 bits per heavy atom. The van der Waals surface area contributed by atoms with Crippen LogP contribution >= 0.6 is 0 Å². The number of aromatic nitrogens is 3. The van der Waals surface area contributed by atoms with Gasteiger partial charge in [0.1, 0.15) is 31.1 Å². The largest absolute Gasteiger partial charge is 0.495 e. The molecular weight excluding hydrogens is 386 g/mol. The summed E-state index contributed by atoms with van der Waals surface area (Å²) in [5.74, 6) is 1.20. The summed E-state index contributed by atoms with van der Waals surface area (Å²) in [6, 6.07) is -0.600. The zero-order valence-corrected chi connectivity index (χ0v) is 16.5. The summed E-state index contributed by atoms with van der Waals surface area (Å²) in [5.41, 5.74) is 3.94. The molecule has 2 N–H and O–H groups in total. The second-order valence-corrected chi connectivity index (χ2v) is 8.29. The molecule has 1 aromatic heterocycles. The van der Waals surface area contributed by atoms with Gasteiger partial charge in [0.05, 0.1) is 24.5 Å². The highest BCUT2D eigenvalue weighted by atomic mass is 16.5. The Morgan fingerprint density at radius 1 is 1.30 bits per heavy atom. The lowest BCUT2D eigenvalue weighted by atomic mass is 10.0. The quantitative estimate of drug-likeness (QED) is 0.746. The number of rotatable bonds is 4. The van der Waals surface area contributed by atoms with Gasteiger partial charge in [0, 0.05) is 24.9 Å². The molecule has 0 saturated heterocycles. The van der Waals surface area contributed by atoms with E-state index >= 15 is 0 Å². The van der Waals surface area contributed by atoms with Crippen LogP contribution < -0.4 is 5.32 Å². The van der Waals surface area contributed by atoms with Gasteiger partial charge in [-0.05, 0) is 30.8 Å². The fraction of sp³-hybridized carbons (Fsp3) is 0.500. The lowest BCUT2D eigenvalue weighted by Crippen LogP contribution is -2.48. The molecule has 0 amide bonds. The van der Waals surface area contributed by atoms with Crippen molar-refractivity contribution < 1.29 is 14.6 Å². The van der Waals surface area contributed by atoms with Gasteiger partial charge in [0.15, 0.2) is 0 Å². The van der Waals surface area contributed by atoms with E-state index < -0.39 is 12.0 Å². The molecule has 1 unspecified atom stereocenters. The second kappa shape index (κ2) is 6.61. The molecule has 1 fully saturated rings. The number of carboxylic acid groups (broad SMARTS) is 1. The van der Waals surface area contributed by atoms with E-state index in [0.29, 0.717) is 18.8 Å². The van der Waals surface area contributed by atoms with E-state index in [1.807, 2.05) is 10.9 Å². The number of nitrogens with zero attached hydrogens (tertiary/aromatic N) is 6. The number of fused-ring (bicyclic) bond motifs is 1. The van der Waals surface area contributed by atoms with E-state index in [1.54, 1.807) is 12.6 Å². The first-order valence-electron chi connectivity index (χ1n) is 10.4. The average Bonchev–Trinajstić information content (AvgIpc) is 3.36. The predicted octanol–water partition coefficient (Wildman–Crippen LogP) is 0.631. The Balaban J connectivity index is 1.33. The molecule has 0 spiro atoms. The van der Waals surface area contributed by atoms with Crippen LogP contribution in [0.4, 0.5) is 0 Å². The summed E-state index contributed by atoms with van der Waals surface area (Å²) in [6.45, 7) is 3.62. The molecule has 10 heteroatoms. The molecule has 0 aromatic carbocycles. The monoisotopic (exact) mass is 409 g/mol. The maximum atomic E-state index is 11.8. The molecule has 10 nitrogen and oxygen atoms in total. The van der Waals surface area contributed by atoms with Crippen molar-refractivity contribution in [3.8, 4) is 0 Å². The predicted molar refractivity (Wildman–Crippen MR) is 106 cm³/mol. The van der Waals surface area contributed by atoms with Crippen LogP contribution in [-0.4, -0.2) is 67.3 Å². The molecule has 156 valence electrons. The van der Waals surface area contributed by atoms with Gasteiger partial charge in [0.25, 0.3) is 0 Å². The zero-order valence-electron chi connectivity index (χ0n) is 16.5. The fourth-order valence-electron chi connectivity index (χ4n) is 4.66. The van der Waals surface area contributed by atoms with Crippen molar-refractivity contribution in [1.82, 2.24) is 29.9 Å². The highest BCUT2D eigenvalue weighted by molar-refractivity contribution is 5.86. The molecule has 1 saturated carbocycles. The van der Waals surface area contributed by atoms with Crippen LogP contribution in [0, 0.1) is 5.92 Å². The smallest absolute Gasteiger partial charge is 0.326 e. The van der Waals surface area contributed by atoms with Crippen molar-refractivity contribution >= 4 is 11.9 Å². The number of nitrogens with one attached hydrogen (secondary N) is 1. The number of carbonyl (C=O) groups is 1. The summed E-state index contributed by atoms with van der Waals surface area (Å²) < 4.78 is 7.73. The minimum atomic E-state index is -0.821. The standard InChI is InChI=1S/C20H23N7O3/c28-19(29)17(12-1-2-12)24-15-10-30-9-13-3-4-26-18(13)14(15)7-21-20(26)25-5-6-27-16(8-25)22-11-23-27/h7,10-12,17,24H,1-6,8-9H2,(H,28,29). The first-order valence-corrected chi connectivity index (χ1v) is 10.4. The molecule has 1 aromatic rings. The summed E-state index contributed by atoms with van der Waals surface area (Å²) >= 11 is 0. The Labute approximate surface area is 173 Å². The van der Waals surface area contributed by atoms with Crippen molar-refractivity contribution in [1.29, 1.82) is 0 Å². The highest BCUT2D eigenvalue weighted by Gasteiger charge is 2.40. The third-order valence-electron chi connectivity index (χ3n) is 6.36. The van der Waals surface area contributed by atoms with E-state index in [-0.39, 0.29) is 5.92 Å². The summed E-state index contributed by atoms with van der Waals surface area (Å²) in [6.07, 6.45) is 7.90. The first-order chi connectivity index (χ1) is 14.7. The molecule has 6 rings (SSSR count). The van der Waals surface area contributed by atoms with Crippen molar-refractivity contribution in [3.63, 3.8) is 0 Å². The number of guanidine groups is 1. The Kier molecular flexibility index (Phi) is 3.87. The highest BCUT2D eigenvalue weighted by Crippen LogP contribution is 2.39. The van der Waals surface area contributed by atoms with Crippen LogP contribution in [-0.2, 0) is 22.6 Å². The minimum Gasteiger partial charge on any atom is -0.495 e. The van der Waals surface area contributed by atoms with E-state index in [4.69, 9.17) is 9.73 Å². The van der Waals surface area contributed by atoms with Crippen LogP contribution in [0.5, 0.6) is 0 Å². The van der Waals surface area contributed by atoms with Crippen LogP contribution in [0.15, 0.2) is 46.3 Å².